The number of aryl methyl sites for hydroxylation is 1. The summed E-state index contributed by atoms with van der Waals surface area (Å²) in [5, 5.41) is 0. The van der Waals surface area contributed by atoms with Crippen LogP contribution >= 0.6 is 15.9 Å². The molecule has 0 saturated heterocycles. The van der Waals surface area contributed by atoms with E-state index in [-0.39, 0.29) is 0 Å². The van der Waals surface area contributed by atoms with Crippen molar-refractivity contribution in [2.75, 3.05) is 0 Å². The molecule has 1 rings (SSSR count). The highest BCUT2D eigenvalue weighted by Crippen LogP contribution is 2.17. The summed E-state index contributed by atoms with van der Waals surface area (Å²) in [6.45, 7) is 2.01. The average Bonchev–Trinajstić information content (AvgIpc) is 1.98. The van der Waals surface area contributed by atoms with Crippen molar-refractivity contribution in [2.24, 2.45) is 0 Å². The highest BCUT2D eigenvalue weighted by atomic mass is 79.9. The molecule has 11 heavy (non-hydrogen) atoms. The maximum absolute atomic E-state index is 10.2. The Bertz CT molecular complexity index is 268. The van der Waals surface area contributed by atoms with Gasteiger partial charge >= 0.3 is 0 Å². The van der Waals surface area contributed by atoms with Crippen LogP contribution in [0.15, 0.2) is 22.7 Å². The molecule has 1 aromatic rings. The second-order valence-corrected chi connectivity index (χ2v) is 3.32. The molecule has 0 aliphatic carbocycles. The van der Waals surface area contributed by atoms with Crippen molar-refractivity contribution >= 4 is 22.2 Å². The first kappa shape index (κ1) is 8.47. The normalized spacial score (nSPS) is 9.64. The van der Waals surface area contributed by atoms with Gasteiger partial charge in [0.25, 0.3) is 0 Å². The number of hydrogen-bond acceptors (Lipinski definition) is 1. The van der Waals surface area contributed by atoms with Crippen molar-refractivity contribution in [3.63, 3.8) is 0 Å². The van der Waals surface area contributed by atoms with Gasteiger partial charge in [-0.1, -0.05) is 33.6 Å². The molecule has 0 aromatic heterocycles. The van der Waals surface area contributed by atoms with Crippen LogP contribution in [0.5, 0.6) is 0 Å². The van der Waals surface area contributed by atoms with E-state index in [9.17, 15) is 4.79 Å². The molecule has 0 radical (unpaired) electrons. The van der Waals surface area contributed by atoms with Crippen LogP contribution in [0.25, 0.3) is 0 Å². The van der Waals surface area contributed by atoms with E-state index in [1.807, 2.05) is 25.1 Å². The van der Waals surface area contributed by atoms with E-state index in [0.717, 1.165) is 16.3 Å². The number of halogens is 1. The molecule has 0 saturated carbocycles. The van der Waals surface area contributed by atoms with E-state index in [1.54, 1.807) is 0 Å². The molecule has 0 fully saturated rings. The molecule has 0 aliphatic rings. The second-order valence-electron chi connectivity index (χ2n) is 2.47. The van der Waals surface area contributed by atoms with Crippen LogP contribution in [0, 0.1) is 6.92 Å². The van der Waals surface area contributed by atoms with Gasteiger partial charge < -0.3 is 4.79 Å². The Hall–Kier alpha value is -0.630. The van der Waals surface area contributed by atoms with Crippen LogP contribution < -0.4 is 0 Å². The molecule has 1 aromatic carbocycles. The summed E-state index contributed by atoms with van der Waals surface area (Å²) >= 11 is 3.37. The van der Waals surface area contributed by atoms with Crippen LogP contribution in [0.3, 0.4) is 0 Å². The highest BCUT2D eigenvalue weighted by molar-refractivity contribution is 9.10. The molecule has 58 valence electrons. The number of aldehydes is 1. The SMILES string of the molecule is Cc1ccc(Br)c(CC=O)c1. The molecule has 0 heterocycles. The minimum absolute atomic E-state index is 0.488. The summed E-state index contributed by atoms with van der Waals surface area (Å²) in [7, 11) is 0. The van der Waals surface area contributed by atoms with Crippen molar-refractivity contribution in [3.05, 3.63) is 33.8 Å². The van der Waals surface area contributed by atoms with E-state index in [1.165, 1.54) is 5.56 Å². The van der Waals surface area contributed by atoms with Gasteiger partial charge in [-0.05, 0) is 18.6 Å². The Kier molecular flexibility index (Phi) is 2.83. The third-order valence-corrected chi connectivity index (χ3v) is 2.28. The zero-order valence-corrected chi connectivity index (χ0v) is 7.89. The van der Waals surface area contributed by atoms with Crippen LogP contribution in [-0.4, -0.2) is 6.29 Å². The first-order valence-corrected chi connectivity index (χ1v) is 4.22. The predicted molar refractivity (Wildman–Crippen MR) is 48.6 cm³/mol. The fourth-order valence-corrected chi connectivity index (χ4v) is 1.36. The van der Waals surface area contributed by atoms with Crippen LogP contribution in [-0.2, 0) is 11.2 Å². The van der Waals surface area contributed by atoms with Gasteiger partial charge in [0.1, 0.15) is 6.29 Å². The standard InChI is InChI=1S/C9H9BrO/c1-7-2-3-9(10)8(6-7)4-5-11/h2-3,5-6H,4H2,1H3. The van der Waals surface area contributed by atoms with Gasteiger partial charge in [0.2, 0.25) is 0 Å². The minimum atomic E-state index is 0.488. The Morgan fingerprint density at radius 1 is 1.55 bits per heavy atom. The zero-order valence-electron chi connectivity index (χ0n) is 6.30. The van der Waals surface area contributed by atoms with Crippen molar-refractivity contribution in [1.29, 1.82) is 0 Å². The zero-order chi connectivity index (χ0) is 8.27. The van der Waals surface area contributed by atoms with Crippen molar-refractivity contribution in [1.82, 2.24) is 0 Å². The van der Waals surface area contributed by atoms with Crippen LogP contribution in [0.4, 0.5) is 0 Å². The molecule has 0 N–H and O–H groups in total. The highest BCUT2D eigenvalue weighted by Gasteiger charge is 1.97. The van der Waals surface area contributed by atoms with E-state index < -0.39 is 0 Å². The van der Waals surface area contributed by atoms with Crippen molar-refractivity contribution in [3.8, 4) is 0 Å². The third kappa shape index (κ3) is 2.15. The van der Waals surface area contributed by atoms with E-state index in [2.05, 4.69) is 15.9 Å². The minimum Gasteiger partial charge on any atom is -0.303 e. The molecule has 2 heteroatoms. The van der Waals surface area contributed by atoms with E-state index in [4.69, 9.17) is 0 Å². The van der Waals surface area contributed by atoms with Gasteiger partial charge in [0, 0.05) is 10.9 Å². The van der Waals surface area contributed by atoms with Crippen LogP contribution in [0.1, 0.15) is 11.1 Å². The Labute approximate surface area is 74.6 Å². The lowest BCUT2D eigenvalue weighted by molar-refractivity contribution is -0.107. The van der Waals surface area contributed by atoms with Gasteiger partial charge in [-0.25, -0.2) is 0 Å². The van der Waals surface area contributed by atoms with Crippen molar-refractivity contribution < 1.29 is 4.79 Å². The topological polar surface area (TPSA) is 17.1 Å². The first-order chi connectivity index (χ1) is 5.24. The van der Waals surface area contributed by atoms with Gasteiger partial charge in [-0.3, -0.25) is 0 Å². The van der Waals surface area contributed by atoms with Gasteiger partial charge in [-0.2, -0.15) is 0 Å². The molecule has 1 nitrogen and oxygen atoms in total. The number of hydrogen-bond donors (Lipinski definition) is 0. The van der Waals surface area contributed by atoms with E-state index >= 15 is 0 Å². The smallest absolute Gasteiger partial charge is 0.124 e. The van der Waals surface area contributed by atoms with Gasteiger partial charge in [0.15, 0.2) is 0 Å². The molecule has 0 unspecified atom stereocenters. The molecule has 0 spiro atoms. The summed E-state index contributed by atoms with van der Waals surface area (Å²) in [4.78, 5) is 10.2. The number of rotatable bonds is 2. The monoisotopic (exact) mass is 212 g/mol. The second kappa shape index (κ2) is 3.67. The summed E-state index contributed by atoms with van der Waals surface area (Å²) in [5.41, 5.74) is 2.24. The fraction of sp³-hybridized carbons (Fsp3) is 0.222. The number of benzene rings is 1. The molecule has 0 aliphatic heterocycles. The first-order valence-electron chi connectivity index (χ1n) is 3.42. The fourth-order valence-electron chi connectivity index (χ4n) is 0.950. The lowest BCUT2D eigenvalue weighted by Gasteiger charge is -2.00. The quantitative estimate of drug-likeness (QED) is 0.689. The van der Waals surface area contributed by atoms with Gasteiger partial charge in [-0.15, -0.1) is 0 Å². The Morgan fingerprint density at radius 2 is 2.27 bits per heavy atom. The number of carbonyl (C=O) groups excluding carboxylic acids is 1. The molecular weight excluding hydrogens is 204 g/mol. The Morgan fingerprint density at radius 3 is 2.91 bits per heavy atom. The lowest BCUT2D eigenvalue weighted by Crippen LogP contribution is -1.88. The largest absolute Gasteiger partial charge is 0.303 e. The van der Waals surface area contributed by atoms with E-state index in [0.29, 0.717) is 6.42 Å². The predicted octanol–water partition coefficient (Wildman–Crippen LogP) is 2.50. The van der Waals surface area contributed by atoms with Crippen LogP contribution in [0.2, 0.25) is 0 Å². The maximum atomic E-state index is 10.2. The average molecular weight is 213 g/mol. The molecule has 0 amide bonds. The Balaban J connectivity index is 3.01. The summed E-state index contributed by atoms with van der Waals surface area (Å²) in [5.74, 6) is 0. The summed E-state index contributed by atoms with van der Waals surface area (Å²) in [6.07, 6.45) is 1.40. The maximum Gasteiger partial charge on any atom is 0.124 e. The number of carbonyl (C=O) groups is 1. The molecule has 0 atom stereocenters. The van der Waals surface area contributed by atoms with Crippen molar-refractivity contribution in [2.45, 2.75) is 13.3 Å². The summed E-state index contributed by atoms with van der Waals surface area (Å²) in [6, 6.07) is 5.99. The lowest BCUT2D eigenvalue weighted by atomic mass is 10.1. The third-order valence-electron chi connectivity index (χ3n) is 1.50. The molecular formula is C9H9BrO. The summed E-state index contributed by atoms with van der Waals surface area (Å²) < 4.78 is 1.01. The van der Waals surface area contributed by atoms with Gasteiger partial charge in [0.05, 0.1) is 0 Å². The molecule has 0 bridgehead atoms.